The first-order chi connectivity index (χ1) is 14.8. The highest BCUT2D eigenvalue weighted by Crippen LogP contribution is 2.44. The van der Waals surface area contributed by atoms with Crippen LogP contribution in [0.25, 0.3) is 5.76 Å². The summed E-state index contributed by atoms with van der Waals surface area (Å²) in [5.74, 6) is -3.82. The molecule has 1 aromatic heterocycles. The summed E-state index contributed by atoms with van der Waals surface area (Å²) in [6.45, 7) is 1.67. The maximum atomic E-state index is 14.0. The van der Waals surface area contributed by atoms with Crippen molar-refractivity contribution in [1.82, 2.24) is 10.2 Å². The topological polar surface area (TPSA) is 92.6 Å². The number of methoxy groups -OCH3 is 1. The van der Waals surface area contributed by atoms with Crippen LogP contribution in [0.1, 0.15) is 22.2 Å². The quantitative estimate of drug-likeness (QED) is 0.375. The largest absolute Gasteiger partial charge is 0.507 e. The summed E-state index contributed by atoms with van der Waals surface area (Å²) in [6, 6.07) is 7.48. The third kappa shape index (κ3) is 3.55. The molecule has 0 aliphatic carbocycles. The molecule has 0 bridgehead atoms. The van der Waals surface area contributed by atoms with E-state index in [0.717, 1.165) is 34.4 Å². The van der Waals surface area contributed by atoms with Gasteiger partial charge in [-0.15, -0.1) is 10.2 Å². The highest BCUT2D eigenvalue weighted by atomic mass is 32.1. The molecule has 10 heteroatoms. The summed E-state index contributed by atoms with van der Waals surface area (Å²) in [5.41, 5.74) is -0.230. The molecule has 1 N–H and O–H groups in total. The Morgan fingerprint density at radius 1 is 1.13 bits per heavy atom. The number of amides is 1. The van der Waals surface area contributed by atoms with Gasteiger partial charge < -0.3 is 9.84 Å². The zero-order chi connectivity index (χ0) is 22.3. The van der Waals surface area contributed by atoms with E-state index in [1.165, 1.54) is 31.4 Å². The number of ketones is 1. The Hall–Kier alpha value is -3.66. The van der Waals surface area contributed by atoms with Crippen molar-refractivity contribution >= 4 is 33.9 Å². The molecule has 158 valence electrons. The molecule has 1 amide bonds. The monoisotopic (exact) mass is 443 g/mol. The van der Waals surface area contributed by atoms with Crippen LogP contribution in [0.4, 0.5) is 13.9 Å². The first-order valence-electron chi connectivity index (χ1n) is 9.02. The van der Waals surface area contributed by atoms with Gasteiger partial charge in [-0.25, -0.2) is 8.78 Å². The van der Waals surface area contributed by atoms with Crippen LogP contribution in [-0.4, -0.2) is 34.1 Å². The van der Waals surface area contributed by atoms with Gasteiger partial charge in [0.2, 0.25) is 5.13 Å². The first-order valence-corrected chi connectivity index (χ1v) is 9.84. The molecule has 1 atom stereocenters. The molecule has 31 heavy (non-hydrogen) atoms. The number of carbonyl (C=O) groups is 2. The minimum Gasteiger partial charge on any atom is -0.507 e. The van der Waals surface area contributed by atoms with Crippen LogP contribution in [0.3, 0.4) is 0 Å². The number of halogens is 2. The molecule has 1 aliphatic rings. The van der Waals surface area contributed by atoms with Gasteiger partial charge in [-0.3, -0.25) is 14.5 Å². The Labute approximate surface area is 179 Å². The normalized spacial score (nSPS) is 17.9. The molecule has 1 aliphatic heterocycles. The molecule has 7 nitrogen and oxygen atoms in total. The second-order valence-corrected chi connectivity index (χ2v) is 7.83. The molecule has 4 rings (SSSR count). The van der Waals surface area contributed by atoms with Crippen molar-refractivity contribution in [2.45, 2.75) is 13.0 Å². The van der Waals surface area contributed by atoms with E-state index in [1.54, 1.807) is 6.92 Å². The summed E-state index contributed by atoms with van der Waals surface area (Å²) in [4.78, 5) is 27.0. The zero-order valence-electron chi connectivity index (χ0n) is 16.3. The van der Waals surface area contributed by atoms with E-state index < -0.39 is 35.1 Å². The SMILES string of the molecule is COc1ccc(F)cc1C(O)=C1C(=O)C(=O)N(c2nnc(C)s2)C1c1cccc(F)c1. The summed E-state index contributed by atoms with van der Waals surface area (Å²) in [5, 5.41) is 19.5. The lowest BCUT2D eigenvalue weighted by atomic mass is 9.95. The number of aliphatic hydroxyl groups excluding tert-OH is 1. The molecule has 0 radical (unpaired) electrons. The van der Waals surface area contributed by atoms with Crippen molar-refractivity contribution in [1.29, 1.82) is 0 Å². The van der Waals surface area contributed by atoms with Crippen LogP contribution >= 0.6 is 11.3 Å². The molecule has 3 aromatic rings. The van der Waals surface area contributed by atoms with Gasteiger partial charge in [0.15, 0.2) is 0 Å². The second kappa shape index (κ2) is 7.88. The van der Waals surface area contributed by atoms with Crippen LogP contribution in [0.2, 0.25) is 0 Å². The van der Waals surface area contributed by atoms with E-state index >= 15 is 0 Å². The molecule has 1 fully saturated rings. The lowest BCUT2D eigenvalue weighted by molar-refractivity contribution is -0.132. The highest BCUT2D eigenvalue weighted by Gasteiger charge is 2.48. The number of ether oxygens (including phenoxy) is 1. The van der Waals surface area contributed by atoms with E-state index in [-0.39, 0.29) is 27.6 Å². The van der Waals surface area contributed by atoms with Crippen molar-refractivity contribution in [2.75, 3.05) is 12.0 Å². The average Bonchev–Trinajstić information content (AvgIpc) is 3.28. The first kappa shape index (κ1) is 20.6. The van der Waals surface area contributed by atoms with Crippen molar-refractivity contribution in [3.8, 4) is 5.75 Å². The average molecular weight is 443 g/mol. The summed E-state index contributed by atoms with van der Waals surface area (Å²) in [6.07, 6.45) is 0. The van der Waals surface area contributed by atoms with Gasteiger partial charge in [-0.1, -0.05) is 23.5 Å². The van der Waals surface area contributed by atoms with E-state index in [1.807, 2.05) is 0 Å². The minimum absolute atomic E-state index is 0.0925. The van der Waals surface area contributed by atoms with Gasteiger partial charge in [0.05, 0.1) is 24.3 Å². The fourth-order valence-corrected chi connectivity index (χ4v) is 4.13. The Morgan fingerprint density at radius 2 is 1.87 bits per heavy atom. The summed E-state index contributed by atoms with van der Waals surface area (Å²) < 4.78 is 33.1. The molecule has 0 saturated carbocycles. The van der Waals surface area contributed by atoms with Crippen LogP contribution < -0.4 is 9.64 Å². The van der Waals surface area contributed by atoms with E-state index in [9.17, 15) is 23.5 Å². The smallest absolute Gasteiger partial charge is 0.301 e. The maximum Gasteiger partial charge on any atom is 0.301 e. The van der Waals surface area contributed by atoms with Crippen LogP contribution in [0.15, 0.2) is 48.0 Å². The predicted octanol–water partition coefficient (Wildman–Crippen LogP) is 3.76. The van der Waals surface area contributed by atoms with Crippen LogP contribution in [0, 0.1) is 18.6 Å². The highest BCUT2D eigenvalue weighted by molar-refractivity contribution is 7.15. The Bertz CT molecular complexity index is 1240. The number of nitrogens with zero attached hydrogens (tertiary/aromatic N) is 3. The number of rotatable bonds is 4. The summed E-state index contributed by atoms with van der Waals surface area (Å²) >= 11 is 1.06. The van der Waals surface area contributed by atoms with Crippen molar-refractivity contribution in [3.05, 3.63) is 75.8 Å². The van der Waals surface area contributed by atoms with E-state index in [4.69, 9.17) is 4.74 Å². The molecule has 2 aromatic carbocycles. The van der Waals surface area contributed by atoms with Gasteiger partial charge in [0.25, 0.3) is 5.78 Å². The third-order valence-corrected chi connectivity index (χ3v) is 5.58. The number of aliphatic hydroxyl groups is 1. The lowest BCUT2D eigenvalue weighted by Gasteiger charge is -2.22. The van der Waals surface area contributed by atoms with Crippen molar-refractivity contribution in [3.63, 3.8) is 0 Å². The Kier molecular flexibility index (Phi) is 5.24. The van der Waals surface area contributed by atoms with Crippen molar-refractivity contribution < 1.29 is 28.2 Å². The number of carbonyl (C=O) groups excluding carboxylic acids is 2. The van der Waals surface area contributed by atoms with Gasteiger partial charge in [0.1, 0.15) is 28.2 Å². The molecular formula is C21H15F2N3O4S. The number of benzene rings is 2. The standard InChI is InChI=1S/C21H15F2N3O4S/c1-10-24-25-21(31-10)26-17(11-4-3-5-12(22)8-11)16(19(28)20(26)29)18(27)14-9-13(23)6-7-15(14)30-2/h3-9,17,27H,1-2H3. The molecule has 1 unspecified atom stereocenters. The Morgan fingerprint density at radius 3 is 2.52 bits per heavy atom. The lowest BCUT2D eigenvalue weighted by Crippen LogP contribution is -2.29. The van der Waals surface area contributed by atoms with Crippen LogP contribution in [0.5, 0.6) is 5.75 Å². The minimum atomic E-state index is -1.20. The molecule has 0 spiro atoms. The molecule has 2 heterocycles. The third-order valence-electron chi connectivity index (χ3n) is 4.75. The van der Waals surface area contributed by atoms with Crippen LogP contribution in [-0.2, 0) is 9.59 Å². The number of hydrogen-bond acceptors (Lipinski definition) is 7. The predicted molar refractivity (Wildman–Crippen MR) is 109 cm³/mol. The van der Waals surface area contributed by atoms with E-state index in [2.05, 4.69) is 10.2 Å². The fourth-order valence-electron chi connectivity index (χ4n) is 3.42. The maximum absolute atomic E-state index is 14.0. The number of aryl methyl sites for hydroxylation is 1. The Balaban J connectivity index is 1.99. The summed E-state index contributed by atoms with van der Waals surface area (Å²) in [7, 11) is 1.32. The van der Waals surface area contributed by atoms with Gasteiger partial charge in [-0.05, 0) is 42.8 Å². The van der Waals surface area contributed by atoms with Gasteiger partial charge in [0, 0.05) is 0 Å². The number of hydrogen-bond donors (Lipinski definition) is 1. The van der Waals surface area contributed by atoms with Gasteiger partial charge >= 0.3 is 5.91 Å². The fraction of sp³-hybridized carbons (Fsp3) is 0.143. The number of aromatic nitrogens is 2. The molecular weight excluding hydrogens is 428 g/mol. The second-order valence-electron chi connectivity index (χ2n) is 6.67. The van der Waals surface area contributed by atoms with E-state index in [0.29, 0.717) is 5.01 Å². The molecule has 1 saturated heterocycles. The van der Waals surface area contributed by atoms with Crippen molar-refractivity contribution in [2.24, 2.45) is 0 Å². The zero-order valence-corrected chi connectivity index (χ0v) is 17.1. The number of anilines is 1. The number of Topliss-reactive ketones (excluding diaryl/α,β-unsaturated/α-hetero) is 1. The van der Waals surface area contributed by atoms with Gasteiger partial charge in [-0.2, -0.15) is 0 Å².